The number of rotatable bonds is 2. The van der Waals surface area contributed by atoms with Gasteiger partial charge in [-0.15, -0.1) is 24.8 Å². The minimum Gasteiger partial charge on any atom is -0.399 e. The van der Waals surface area contributed by atoms with Gasteiger partial charge in [-0.3, -0.25) is 0 Å². The van der Waals surface area contributed by atoms with Gasteiger partial charge in [0, 0.05) is 11.4 Å². The summed E-state index contributed by atoms with van der Waals surface area (Å²) in [6.45, 7) is 0. The van der Waals surface area contributed by atoms with Crippen LogP contribution in [0.1, 0.15) is 11.1 Å². The third-order valence-corrected chi connectivity index (χ3v) is 3.57. The Balaban J connectivity index is 0.00000144. The fourth-order valence-electron chi connectivity index (χ4n) is 2.44. The van der Waals surface area contributed by atoms with Crippen molar-refractivity contribution < 1.29 is 0 Å². The summed E-state index contributed by atoms with van der Waals surface area (Å²) in [6.07, 6.45) is 7.52. The molecule has 24 heavy (non-hydrogen) atoms. The van der Waals surface area contributed by atoms with Crippen LogP contribution in [0.2, 0.25) is 0 Å². The summed E-state index contributed by atoms with van der Waals surface area (Å²) in [6, 6.07) is 15.6. The molecule has 3 rings (SSSR count). The quantitative estimate of drug-likeness (QED) is 0.683. The van der Waals surface area contributed by atoms with Crippen LogP contribution in [0.4, 0.5) is 11.4 Å². The number of nitrogens with one attached hydrogen (secondary N) is 1. The van der Waals surface area contributed by atoms with Crippen molar-refractivity contribution >= 4 is 47.5 Å². The molecule has 0 spiro atoms. The Morgan fingerprint density at radius 2 is 1.00 bits per heavy atom. The first kappa shape index (κ1) is 19.6. The minimum absolute atomic E-state index is 0. The second kappa shape index (κ2) is 8.39. The van der Waals surface area contributed by atoms with Crippen molar-refractivity contribution in [3.8, 4) is 0 Å². The maximum atomic E-state index is 7.66. The number of hydrogen-bond donors (Lipinski definition) is 3. The molecular formula is C19H19Cl2N3. The van der Waals surface area contributed by atoms with Gasteiger partial charge in [0.25, 0.3) is 0 Å². The number of nitrogens with two attached hydrogens (primary N) is 2. The molecule has 124 valence electrons. The van der Waals surface area contributed by atoms with Crippen LogP contribution < -0.4 is 11.5 Å². The molecule has 0 aromatic heterocycles. The summed E-state index contributed by atoms with van der Waals surface area (Å²) < 4.78 is 0. The topological polar surface area (TPSA) is 75.9 Å². The van der Waals surface area contributed by atoms with Crippen molar-refractivity contribution in [2.24, 2.45) is 0 Å². The van der Waals surface area contributed by atoms with Gasteiger partial charge in [-0.2, -0.15) is 0 Å². The number of allylic oxidation sites excluding steroid dienone is 5. The number of benzene rings is 2. The summed E-state index contributed by atoms with van der Waals surface area (Å²) in [5, 5.41) is 7.66. The number of halogens is 2. The molecule has 0 heterocycles. The third kappa shape index (κ3) is 4.28. The maximum Gasteiger partial charge on any atom is 0.0540 e. The molecule has 0 saturated heterocycles. The van der Waals surface area contributed by atoms with Gasteiger partial charge < -0.3 is 16.9 Å². The van der Waals surface area contributed by atoms with Gasteiger partial charge in [-0.1, -0.05) is 36.4 Å². The fraction of sp³-hybridized carbons (Fsp3) is 0. The maximum absolute atomic E-state index is 7.66. The van der Waals surface area contributed by atoms with Crippen molar-refractivity contribution in [1.29, 1.82) is 5.41 Å². The van der Waals surface area contributed by atoms with Crippen molar-refractivity contribution in [2.45, 2.75) is 0 Å². The first-order valence-electron chi connectivity index (χ1n) is 7.04. The highest BCUT2D eigenvalue weighted by atomic mass is 35.5. The van der Waals surface area contributed by atoms with Gasteiger partial charge in [-0.25, -0.2) is 0 Å². The van der Waals surface area contributed by atoms with E-state index in [1.54, 1.807) is 12.2 Å². The SMILES string of the molecule is Cl.Cl.N=C1C=CC(=C(c2ccc(N)cc2)c2ccc(N)cc2)C=C1. The average Bonchev–Trinajstić information content (AvgIpc) is 2.53. The highest BCUT2D eigenvalue weighted by Crippen LogP contribution is 2.30. The lowest BCUT2D eigenvalue weighted by atomic mass is 9.90. The second-order valence-electron chi connectivity index (χ2n) is 5.20. The molecular weight excluding hydrogens is 341 g/mol. The Bertz CT molecular complexity index is 736. The van der Waals surface area contributed by atoms with Crippen LogP contribution in [-0.2, 0) is 0 Å². The zero-order chi connectivity index (χ0) is 15.5. The fourth-order valence-corrected chi connectivity index (χ4v) is 2.44. The minimum atomic E-state index is 0. The molecule has 5 heteroatoms. The molecule has 0 unspecified atom stereocenters. The van der Waals surface area contributed by atoms with E-state index in [1.807, 2.05) is 60.7 Å². The number of anilines is 2. The van der Waals surface area contributed by atoms with Gasteiger partial charge in [-0.05, 0) is 58.7 Å². The highest BCUT2D eigenvalue weighted by molar-refractivity contribution is 6.05. The average molecular weight is 360 g/mol. The van der Waals surface area contributed by atoms with E-state index in [1.165, 1.54) is 0 Å². The van der Waals surface area contributed by atoms with E-state index in [0.29, 0.717) is 5.71 Å². The van der Waals surface area contributed by atoms with Crippen molar-refractivity contribution in [3.63, 3.8) is 0 Å². The van der Waals surface area contributed by atoms with Gasteiger partial charge in [0.15, 0.2) is 0 Å². The smallest absolute Gasteiger partial charge is 0.0540 e. The lowest BCUT2D eigenvalue weighted by Crippen LogP contribution is -1.97. The Morgan fingerprint density at radius 1 is 0.625 bits per heavy atom. The van der Waals surface area contributed by atoms with Crippen LogP contribution >= 0.6 is 24.8 Å². The lowest BCUT2D eigenvalue weighted by Gasteiger charge is -2.14. The molecule has 0 fully saturated rings. The lowest BCUT2D eigenvalue weighted by molar-refractivity contribution is 1.49. The number of hydrogen-bond acceptors (Lipinski definition) is 3. The molecule has 0 atom stereocenters. The Kier molecular flexibility index (Phi) is 6.83. The molecule has 0 bridgehead atoms. The van der Waals surface area contributed by atoms with Gasteiger partial charge in [0.2, 0.25) is 0 Å². The van der Waals surface area contributed by atoms with E-state index in [-0.39, 0.29) is 24.8 Å². The summed E-state index contributed by atoms with van der Waals surface area (Å²) in [4.78, 5) is 0. The molecule has 3 nitrogen and oxygen atoms in total. The van der Waals surface area contributed by atoms with Crippen LogP contribution in [0.3, 0.4) is 0 Å². The third-order valence-electron chi connectivity index (χ3n) is 3.57. The predicted octanol–water partition coefficient (Wildman–Crippen LogP) is 4.64. The van der Waals surface area contributed by atoms with Gasteiger partial charge >= 0.3 is 0 Å². The van der Waals surface area contributed by atoms with Crippen LogP contribution in [-0.4, -0.2) is 5.71 Å². The number of nitrogen functional groups attached to an aromatic ring is 2. The summed E-state index contributed by atoms with van der Waals surface area (Å²) in [5.74, 6) is 0. The molecule has 2 aromatic rings. The molecule has 0 aliphatic heterocycles. The monoisotopic (exact) mass is 359 g/mol. The summed E-state index contributed by atoms with van der Waals surface area (Å²) in [7, 11) is 0. The van der Waals surface area contributed by atoms with E-state index < -0.39 is 0 Å². The van der Waals surface area contributed by atoms with E-state index in [4.69, 9.17) is 16.9 Å². The van der Waals surface area contributed by atoms with Gasteiger partial charge in [0.05, 0.1) is 5.71 Å². The standard InChI is InChI=1S/C19H17N3.2ClH/c20-16-7-1-13(2-8-16)19(14-3-9-17(21)10-4-14)15-5-11-18(22)12-6-15;;/h1-12,20H,21-22H2;2*1H. The van der Waals surface area contributed by atoms with Crippen LogP contribution in [0.25, 0.3) is 5.57 Å². The molecule has 1 aliphatic rings. The molecule has 1 aliphatic carbocycles. The summed E-state index contributed by atoms with van der Waals surface area (Å²) in [5.41, 5.74) is 17.9. The van der Waals surface area contributed by atoms with Crippen LogP contribution in [0.5, 0.6) is 0 Å². The van der Waals surface area contributed by atoms with Crippen molar-refractivity contribution in [2.75, 3.05) is 11.5 Å². The predicted molar refractivity (Wildman–Crippen MR) is 108 cm³/mol. The van der Waals surface area contributed by atoms with E-state index in [2.05, 4.69) is 0 Å². The second-order valence-corrected chi connectivity index (χ2v) is 5.20. The molecule has 5 N–H and O–H groups in total. The van der Waals surface area contributed by atoms with E-state index in [9.17, 15) is 0 Å². The highest BCUT2D eigenvalue weighted by Gasteiger charge is 2.10. The normalized spacial score (nSPS) is 12.3. The molecule has 0 radical (unpaired) electrons. The zero-order valence-corrected chi connectivity index (χ0v) is 14.5. The zero-order valence-electron chi connectivity index (χ0n) is 12.9. The Hall–Kier alpha value is -2.49. The van der Waals surface area contributed by atoms with E-state index in [0.717, 1.165) is 33.6 Å². The van der Waals surface area contributed by atoms with E-state index >= 15 is 0 Å². The first-order chi connectivity index (χ1) is 10.6. The van der Waals surface area contributed by atoms with Crippen molar-refractivity contribution in [1.82, 2.24) is 0 Å². The Labute approximate surface area is 154 Å². The summed E-state index contributed by atoms with van der Waals surface area (Å²) >= 11 is 0. The molecule has 0 amide bonds. The molecule has 0 saturated carbocycles. The van der Waals surface area contributed by atoms with Crippen LogP contribution in [0.15, 0.2) is 78.4 Å². The largest absolute Gasteiger partial charge is 0.399 e. The first-order valence-corrected chi connectivity index (χ1v) is 7.04. The van der Waals surface area contributed by atoms with Crippen LogP contribution in [0, 0.1) is 5.41 Å². The van der Waals surface area contributed by atoms with Gasteiger partial charge in [0.1, 0.15) is 0 Å². The van der Waals surface area contributed by atoms with Crippen molar-refractivity contribution in [3.05, 3.63) is 89.5 Å². The molecule has 2 aromatic carbocycles. The Morgan fingerprint density at radius 3 is 1.38 bits per heavy atom.